The molecule has 0 aliphatic carbocycles. The second kappa shape index (κ2) is 5.21. The maximum Gasteiger partial charge on any atom is 0.193 e. The van der Waals surface area contributed by atoms with Crippen LogP contribution in [-0.4, -0.2) is 15.8 Å². The molecule has 0 amide bonds. The fourth-order valence-corrected chi connectivity index (χ4v) is 2.29. The molecule has 3 heteroatoms. The van der Waals surface area contributed by atoms with Gasteiger partial charge in [-0.25, -0.2) is 0 Å². The summed E-state index contributed by atoms with van der Waals surface area (Å²) in [5.74, 6) is 0.0248. The first-order valence-corrected chi connectivity index (χ1v) is 6.62. The number of carbonyl (C=O) groups excluding carboxylic acids is 1. The van der Waals surface area contributed by atoms with Crippen LogP contribution < -0.4 is 0 Å². The Kier molecular flexibility index (Phi) is 3.25. The molecule has 0 saturated carbocycles. The molecule has 2 aromatic heterocycles. The summed E-state index contributed by atoms with van der Waals surface area (Å²) in [5, 5.41) is 1.04. The first-order valence-electron chi connectivity index (χ1n) is 6.62. The van der Waals surface area contributed by atoms with Gasteiger partial charge in [0.05, 0.1) is 5.52 Å². The molecule has 0 bridgehead atoms. The van der Waals surface area contributed by atoms with Crippen LogP contribution in [0.15, 0.2) is 55.0 Å². The molecule has 20 heavy (non-hydrogen) atoms. The first-order chi connectivity index (χ1) is 9.79. The molecule has 0 saturated heterocycles. The standard InChI is InChI=1S/C17H14N2O/c1-2-12-11-18-9-7-15(12)17(20)14-6-5-13-4-3-8-19-16(13)10-14/h3-11H,2H2,1H3. The van der Waals surface area contributed by atoms with Gasteiger partial charge in [0, 0.05) is 35.1 Å². The van der Waals surface area contributed by atoms with Gasteiger partial charge < -0.3 is 0 Å². The minimum Gasteiger partial charge on any atom is -0.289 e. The quantitative estimate of drug-likeness (QED) is 0.679. The average Bonchev–Trinajstić information content (AvgIpc) is 2.53. The summed E-state index contributed by atoms with van der Waals surface area (Å²) in [7, 11) is 0. The lowest BCUT2D eigenvalue weighted by Crippen LogP contribution is -2.05. The van der Waals surface area contributed by atoms with E-state index in [2.05, 4.69) is 9.97 Å². The third kappa shape index (κ3) is 2.18. The van der Waals surface area contributed by atoms with E-state index in [1.165, 1.54) is 0 Å². The normalized spacial score (nSPS) is 10.7. The molecule has 0 aliphatic heterocycles. The lowest BCUT2D eigenvalue weighted by Gasteiger charge is -2.07. The fourth-order valence-electron chi connectivity index (χ4n) is 2.29. The number of aryl methyl sites for hydroxylation is 1. The molecule has 0 atom stereocenters. The summed E-state index contributed by atoms with van der Waals surface area (Å²) in [6.07, 6.45) is 5.94. The highest BCUT2D eigenvalue weighted by Gasteiger charge is 2.13. The van der Waals surface area contributed by atoms with E-state index in [-0.39, 0.29) is 5.78 Å². The van der Waals surface area contributed by atoms with E-state index >= 15 is 0 Å². The van der Waals surface area contributed by atoms with Crippen LogP contribution in [0.1, 0.15) is 28.4 Å². The van der Waals surface area contributed by atoms with Crippen molar-refractivity contribution in [1.82, 2.24) is 9.97 Å². The monoisotopic (exact) mass is 262 g/mol. The van der Waals surface area contributed by atoms with Gasteiger partial charge in [0.1, 0.15) is 0 Å². The van der Waals surface area contributed by atoms with Crippen molar-refractivity contribution in [1.29, 1.82) is 0 Å². The Morgan fingerprint density at radius 2 is 2.05 bits per heavy atom. The van der Waals surface area contributed by atoms with Gasteiger partial charge in [0.15, 0.2) is 5.78 Å². The van der Waals surface area contributed by atoms with Crippen LogP contribution in [0.3, 0.4) is 0 Å². The SMILES string of the molecule is CCc1cnccc1C(=O)c1ccc2cccnc2c1. The number of nitrogens with zero attached hydrogens (tertiary/aromatic N) is 2. The second-order valence-corrected chi connectivity index (χ2v) is 4.63. The number of pyridine rings is 2. The van der Waals surface area contributed by atoms with E-state index in [1.54, 1.807) is 24.7 Å². The molecule has 0 unspecified atom stereocenters. The highest BCUT2D eigenvalue weighted by Crippen LogP contribution is 2.18. The number of carbonyl (C=O) groups is 1. The molecule has 0 radical (unpaired) electrons. The van der Waals surface area contributed by atoms with Crippen LogP contribution in [0.25, 0.3) is 10.9 Å². The molecule has 3 rings (SSSR count). The lowest BCUT2D eigenvalue weighted by atomic mass is 9.98. The molecular weight excluding hydrogens is 248 g/mol. The van der Waals surface area contributed by atoms with E-state index in [9.17, 15) is 4.79 Å². The van der Waals surface area contributed by atoms with Crippen molar-refractivity contribution >= 4 is 16.7 Å². The topological polar surface area (TPSA) is 42.9 Å². The Morgan fingerprint density at radius 1 is 1.15 bits per heavy atom. The third-order valence-electron chi connectivity index (χ3n) is 3.40. The second-order valence-electron chi connectivity index (χ2n) is 4.63. The summed E-state index contributed by atoms with van der Waals surface area (Å²) in [6, 6.07) is 11.3. The van der Waals surface area contributed by atoms with Crippen LogP contribution >= 0.6 is 0 Å². The van der Waals surface area contributed by atoms with Crippen LogP contribution in [0.5, 0.6) is 0 Å². The summed E-state index contributed by atoms with van der Waals surface area (Å²) < 4.78 is 0. The number of aromatic nitrogens is 2. The zero-order valence-corrected chi connectivity index (χ0v) is 11.2. The average molecular weight is 262 g/mol. The molecule has 0 aliphatic rings. The largest absolute Gasteiger partial charge is 0.289 e. The molecule has 0 fully saturated rings. The molecule has 3 aromatic rings. The molecule has 1 aromatic carbocycles. The van der Waals surface area contributed by atoms with Crippen LogP contribution in [0, 0.1) is 0 Å². The molecular formula is C17H14N2O. The minimum atomic E-state index is 0.0248. The van der Waals surface area contributed by atoms with Gasteiger partial charge in [0.2, 0.25) is 0 Å². The first kappa shape index (κ1) is 12.5. The predicted molar refractivity (Wildman–Crippen MR) is 78.8 cm³/mol. The summed E-state index contributed by atoms with van der Waals surface area (Å²) in [4.78, 5) is 21.0. The summed E-state index contributed by atoms with van der Waals surface area (Å²) >= 11 is 0. The van der Waals surface area contributed by atoms with Gasteiger partial charge in [-0.3, -0.25) is 14.8 Å². The molecule has 2 heterocycles. The van der Waals surface area contributed by atoms with Gasteiger partial charge in [-0.2, -0.15) is 0 Å². The van der Waals surface area contributed by atoms with Gasteiger partial charge >= 0.3 is 0 Å². The van der Waals surface area contributed by atoms with Crippen molar-refractivity contribution in [2.45, 2.75) is 13.3 Å². The van der Waals surface area contributed by atoms with E-state index in [0.29, 0.717) is 5.56 Å². The number of ketones is 1. The Morgan fingerprint density at radius 3 is 2.90 bits per heavy atom. The number of fused-ring (bicyclic) bond motifs is 1. The van der Waals surface area contributed by atoms with Crippen molar-refractivity contribution < 1.29 is 4.79 Å². The lowest BCUT2D eigenvalue weighted by molar-refractivity contribution is 0.103. The third-order valence-corrected chi connectivity index (χ3v) is 3.40. The van der Waals surface area contributed by atoms with Crippen molar-refractivity contribution in [2.75, 3.05) is 0 Å². The van der Waals surface area contributed by atoms with E-state index in [0.717, 1.165) is 28.5 Å². The number of benzene rings is 1. The molecule has 0 spiro atoms. The number of rotatable bonds is 3. The smallest absolute Gasteiger partial charge is 0.193 e. The summed E-state index contributed by atoms with van der Waals surface area (Å²) in [6.45, 7) is 2.02. The molecule has 98 valence electrons. The van der Waals surface area contributed by atoms with Crippen molar-refractivity contribution in [3.05, 3.63) is 71.7 Å². The van der Waals surface area contributed by atoms with Crippen LogP contribution in [0.4, 0.5) is 0 Å². The zero-order valence-electron chi connectivity index (χ0n) is 11.2. The fraction of sp³-hybridized carbons (Fsp3) is 0.118. The van der Waals surface area contributed by atoms with Crippen molar-refractivity contribution in [3.63, 3.8) is 0 Å². The Balaban J connectivity index is 2.08. The van der Waals surface area contributed by atoms with Crippen LogP contribution in [-0.2, 0) is 6.42 Å². The van der Waals surface area contributed by atoms with Crippen molar-refractivity contribution in [2.24, 2.45) is 0 Å². The van der Waals surface area contributed by atoms with Crippen LogP contribution in [0.2, 0.25) is 0 Å². The molecule has 3 nitrogen and oxygen atoms in total. The van der Waals surface area contributed by atoms with Gasteiger partial charge in [0.25, 0.3) is 0 Å². The van der Waals surface area contributed by atoms with Crippen molar-refractivity contribution in [3.8, 4) is 0 Å². The highest BCUT2D eigenvalue weighted by molar-refractivity contribution is 6.11. The maximum absolute atomic E-state index is 12.6. The van der Waals surface area contributed by atoms with E-state index < -0.39 is 0 Å². The van der Waals surface area contributed by atoms with Gasteiger partial charge in [-0.15, -0.1) is 0 Å². The zero-order chi connectivity index (χ0) is 13.9. The van der Waals surface area contributed by atoms with Gasteiger partial charge in [-0.1, -0.05) is 25.1 Å². The van der Waals surface area contributed by atoms with E-state index in [4.69, 9.17) is 0 Å². The molecule has 0 N–H and O–H groups in total. The highest BCUT2D eigenvalue weighted by atomic mass is 16.1. The minimum absolute atomic E-state index is 0.0248. The maximum atomic E-state index is 12.6. The number of hydrogen-bond donors (Lipinski definition) is 0. The number of hydrogen-bond acceptors (Lipinski definition) is 3. The summed E-state index contributed by atoms with van der Waals surface area (Å²) in [5.41, 5.74) is 3.19. The Bertz CT molecular complexity index is 781. The van der Waals surface area contributed by atoms with E-state index in [1.807, 2.05) is 37.3 Å². The Hall–Kier alpha value is -2.55. The van der Waals surface area contributed by atoms with Gasteiger partial charge in [-0.05, 0) is 30.2 Å². The Labute approximate surface area is 117 Å². The predicted octanol–water partition coefficient (Wildman–Crippen LogP) is 3.42.